The Kier molecular flexibility index (Phi) is 8.89. The van der Waals surface area contributed by atoms with E-state index in [1.807, 2.05) is 37.3 Å². The lowest BCUT2D eigenvalue weighted by Crippen LogP contribution is -2.24. The van der Waals surface area contributed by atoms with Crippen LogP contribution in [0.25, 0.3) is 5.69 Å². The van der Waals surface area contributed by atoms with Crippen molar-refractivity contribution in [2.24, 2.45) is 5.73 Å². The van der Waals surface area contributed by atoms with Gasteiger partial charge in [-0.25, -0.2) is 18.3 Å². The monoisotopic (exact) mass is 511 g/mol. The van der Waals surface area contributed by atoms with Crippen LogP contribution in [0.15, 0.2) is 48.5 Å². The highest BCUT2D eigenvalue weighted by atomic mass is 19.1. The van der Waals surface area contributed by atoms with Crippen LogP contribution in [0.2, 0.25) is 0 Å². The maximum absolute atomic E-state index is 13.1. The molecule has 1 aliphatic heterocycles. The number of para-hydroxylation sites is 1. The summed E-state index contributed by atoms with van der Waals surface area (Å²) in [6.07, 6.45) is 4.54. The number of benzene rings is 2. The van der Waals surface area contributed by atoms with Gasteiger partial charge >= 0.3 is 6.03 Å². The minimum absolute atomic E-state index is 0.233. The predicted octanol–water partition coefficient (Wildman–Crippen LogP) is 5.34. The quantitative estimate of drug-likeness (QED) is 0.449. The number of nitrogens with two attached hydrogens (primary N) is 1. The van der Waals surface area contributed by atoms with Crippen molar-refractivity contribution >= 4 is 11.8 Å². The smallest absolute Gasteiger partial charge is 0.317 e. The third-order valence-corrected chi connectivity index (χ3v) is 7.13. The van der Waals surface area contributed by atoms with Crippen LogP contribution in [0.1, 0.15) is 54.3 Å². The normalized spacial score (nSPS) is 17.7. The van der Waals surface area contributed by atoms with Gasteiger partial charge in [-0.3, -0.25) is 5.32 Å². The van der Waals surface area contributed by atoms with Crippen molar-refractivity contribution in [3.05, 3.63) is 77.0 Å². The fourth-order valence-corrected chi connectivity index (χ4v) is 4.94. The van der Waals surface area contributed by atoms with Crippen LogP contribution in [0.4, 0.5) is 19.4 Å². The van der Waals surface area contributed by atoms with E-state index in [4.69, 9.17) is 15.6 Å². The van der Waals surface area contributed by atoms with E-state index in [1.165, 1.54) is 31.4 Å². The second-order valence-electron chi connectivity index (χ2n) is 9.71. The Morgan fingerprint density at radius 2 is 1.81 bits per heavy atom. The number of primary amides is 1. The molecule has 7 nitrogen and oxygen atoms in total. The van der Waals surface area contributed by atoms with Gasteiger partial charge in [-0.1, -0.05) is 24.6 Å². The Bertz CT molecular complexity index is 1180. The van der Waals surface area contributed by atoms with Crippen LogP contribution >= 0.6 is 0 Å². The zero-order valence-electron chi connectivity index (χ0n) is 21.4. The van der Waals surface area contributed by atoms with Gasteiger partial charge in [0.15, 0.2) is 0 Å². The number of anilines is 1. The van der Waals surface area contributed by atoms with Gasteiger partial charge in [0, 0.05) is 37.7 Å². The highest BCUT2D eigenvalue weighted by Crippen LogP contribution is 2.39. The predicted molar refractivity (Wildman–Crippen MR) is 140 cm³/mol. The Hall–Kier alpha value is -3.30. The van der Waals surface area contributed by atoms with Gasteiger partial charge in [0.2, 0.25) is 0 Å². The molecular weight excluding hydrogens is 476 g/mol. The third kappa shape index (κ3) is 6.72. The first-order valence-electron chi connectivity index (χ1n) is 12.7. The molecule has 0 bridgehead atoms. The first-order chi connectivity index (χ1) is 17.9. The number of amides is 2. The second-order valence-corrected chi connectivity index (χ2v) is 9.71. The second kappa shape index (κ2) is 12.3. The summed E-state index contributed by atoms with van der Waals surface area (Å²) in [7, 11) is 1.68. The van der Waals surface area contributed by atoms with E-state index >= 15 is 0 Å². The first-order valence-corrected chi connectivity index (χ1v) is 12.7. The molecule has 2 amide bonds. The molecule has 1 saturated heterocycles. The zero-order valence-corrected chi connectivity index (χ0v) is 21.4. The van der Waals surface area contributed by atoms with Crippen molar-refractivity contribution in [2.45, 2.75) is 44.4 Å². The maximum atomic E-state index is 13.1. The average molecular weight is 512 g/mol. The molecule has 1 unspecified atom stereocenters. The van der Waals surface area contributed by atoms with Crippen LogP contribution in [0, 0.1) is 18.6 Å². The Balaban J connectivity index is 0.000000176. The molecule has 2 aliphatic rings. The molecule has 37 heavy (non-hydrogen) atoms. The summed E-state index contributed by atoms with van der Waals surface area (Å²) >= 11 is 0. The van der Waals surface area contributed by atoms with Gasteiger partial charge in [-0.15, -0.1) is 0 Å². The number of carbonyl (C=O) groups excluding carboxylic acids is 1. The van der Waals surface area contributed by atoms with Crippen LogP contribution in [-0.2, 0) is 4.74 Å². The maximum Gasteiger partial charge on any atom is 0.317 e. The summed E-state index contributed by atoms with van der Waals surface area (Å²) in [5.41, 5.74) is 9.05. The summed E-state index contributed by atoms with van der Waals surface area (Å²) in [6.45, 7) is 5.39. The van der Waals surface area contributed by atoms with Crippen molar-refractivity contribution in [1.82, 2.24) is 14.7 Å². The van der Waals surface area contributed by atoms with E-state index < -0.39 is 17.7 Å². The minimum atomic E-state index is -0.564. The topological polar surface area (TPSA) is 85.4 Å². The van der Waals surface area contributed by atoms with Crippen molar-refractivity contribution in [3.63, 3.8) is 0 Å². The van der Waals surface area contributed by atoms with Gasteiger partial charge in [0.25, 0.3) is 0 Å². The number of halogens is 2. The molecule has 2 fully saturated rings. The molecule has 1 saturated carbocycles. The zero-order chi connectivity index (χ0) is 26.4. The molecule has 0 spiro atoms. The van der Waals surface area contributed by atoms with Crippen LogP contribution in [-0.4, -0.2) is 54.1 Å². The number of carbonyl (C=O) groups is 1. The van der Waals surface area contributed by atoms with Gasteiger partial charge in [0.05, 0.1) is 18.0 Å². The number of likely N-dealkylation sites (tertiary alicyclic amines) is 1. The van der Waals surface area contributed by atoms with Gasteiger partial charge in [-0.05, 0) is 68.5 Å². The van der Waals surface area contributed by atoms with Gasteiger partial charge in [-0.2, -0.15) is 5.10 Å². The molecule has 0 radical (unpaired) electrons. The van der Waals surface area contributed by atoms with E-state index in [1.54, 1.807) is 11.8 Å². The summed E-state index contributed by atoms with van der Waals surface area (Å²) in [6, 6.07) is 13.0. The minimum Gasteiger partial charge on any atom is -0.383 e. The standard InChI is InChI=1S/C15H18N4O.C13H17F2NO/c1-10-13(11-6-5-7-11)18-19(14(10)17-15(16)20)12-8-3-2-4-9-12;1-17-5-4-16-3-2-10(9-16)11-6-12(14)8-13(15)7-11/h2-4,8-9,11H,5-7H2,1H3,(H3,16,17,20);6-8,10H,2-5,9H2,1H3. The van der Waals surface area contributed by atoms with E-state index in [-0.39, 0.29) is 5.92 Å². The molecule has 1 aromatic heterocycles. The van der Waals surface area contributed by atoms with E-state index in [0.29, 0.717) is 18.3 Å². The highest BCUT2D eigenvalue weighted by Gasteiger charge is 2.27. The van der Waals surface area contributed by atoms with E-state index in [2.05, 4.69) is 10.2 Å². The lowest BCUT2D eigenvalue weighted by Gasteiger charge is -2.23. The van der Waals surface area contributed by atoms with Crippen molar-refractivity contribution < 1.29 is 18.3 Å². The van der Waals surface area contributed by atoms with Gasteiger partial charge < -0.3 is 15.4 Å². The molecular formula is C28H35F2N5O2. The number of urea groups is 1. The number of rotatable bonds is 7. The van der Waals surface area contributed by atoms with E-state index in [0.717, 1.165) is 54.6 Å². The Morgan fingerprint density at radius 3 is 2.41 bits per heavy atom. The number of ether oxygens (including phenoxy) is 1. The van der Waals surface area contributed by atoms with Gasteiger partial charge in [0.1, 0.15) is 17.5 Å². The number of hydrogen-bond donors (Lipinski definition) is 2. The van der Waals surface area contributed by atoms with Crippen molar-refractivity contribution in [3.8, 4) is 5.69 Å². The number of nitrogens with zero attached hydrogens (tertiary/aromatic N) is 3. The number of nitrogens with one attached hydrogen (secondary N) is 1. The van der Waals surface area contributed by atoms with Crippen molar-refractivity contribution in [2.75, 3.05) is 38.7 Å². The SMILES string of the molecule is COCCN1CCC(c2cc(F)cc(F)c2)C1.Cc1c(C2CCC2)nn(-c2ccccc2)c1NC(N)=O. The average Bonchev–Trinajstić information content (AvgIpc) is 3.43. The molecule has 5 rings (SSSR count). The summed E-state index contributed by atoms with van der Waals surface area (Å²) in [5.74, 6) is 0.432. The van der Waals surface area contributed by atoms with Crippen LogP contribution in [0.3, 0.4) is 0 Å². The van der Waals surface area contributed by atoms with E-state index in [9.17, 15) is 13.6 Å². The fraction of sp³-hybridized carbons (Fsp3) is 0.429. The Labute approximate surface area is 216 Å². The lowest BCUT2D eigenvalue weighted by molar-refractivity contribution is 0.160. The summed E-state index contributed by atoms with van der Waals surface area (Å²) in [5, 5.41) is 7.40. The van der Waals surface area contributed by atoms with Crippen LogP contribution in [0.5, 0.6) is 0 Å². The molecule has 9 heteroatoms. The lowest BCUT2D eigenvalue weighted by atomic mass is 9.82. The molecule has 3 N–H and O–H groups in total. The number of methoxy groups -OCH3 is 1. The van der Waals surface area contributed by atoms with Crippen molar-refractivity contribution in [1.29, 1.82) is 0 Å². The number of hydrogen-bond acceptors (Lipinski definition) is 4. The highest BCUT2D eigenvalue weighted by molar-refractivity contribution is 5.88. The molecule has 3 aromatic rings. The summed E-state index contributed by atoms with van der Waals surface area (Å²) in [4.78, 5) is 13.5. The molecule has 2 aromatic carbocycles. The molecule has 1 atom stereocenters. The third-order valence-electron chi connectivity index (χ3n) is 7.13. The first kappa shape index (κ1) is 26.8. The summed E-state index contributed by atoms with van der Waals surface area (Å²) < 4.78 is 33.0. The Morgan fingerprint density at radius 1 is 1.11 bits per heavy atom. The number of aromatic nitrogens is 2. The molecule has 198 valence electrons. The van der Waals surface area contributed by atoms with Crippen LogP contribution < -0.4 is 11.1 Å². The molecule has 1 aliphatic carbocycles. The largest absolute Gasteiger partial charge is 0.383 e. The molecule has 2 heterocycles. The fourth-order valence-electron chi connectivity index (χ4n) is 4.94.